The van der Waals surface area contributed by atoms with Crippen molar-refractivity contribution in [3.63, 3.8) is 0 Å². The molecule has 1 aromatic carbocycles. The van der Waals surface area contributed by atoms with Crippen LogP contribution >= 0.6 is 23.1 Å². The normalized spacial score (nSPS) is 12.4. The number of fused-ring (bicyclic) bond motifs is 1. The molecule has 1 unspecified atom stereocenters. The maximum Gasteiger partial charge on any atom is 0.247 e. The first-order chi connectivity index (χ1) is 13.2. The average molecular weight is 420 g/mol. The summed E-state index contributed by atoms with van der Waals surface area (Å²) in [6, 6.07) is 4.80. The number of benzene rings is 1. The number of thiazole rings is 1. The summed E-state index contributed by atoms with van der Waals surface area (Å²) in [6.07, 6.45) is 6.34. The van der Waals surface area contributed by atoms with Crippen molar-refractivity contribution in [1.82, 2.24) is 10.3 Å². The van der Waals surface area contributed by atoms with Crippen LogP contribution in [0, 0.1) is 12.3 Å². The second-order valence-corrected chi connectivity index (χ2v) is 9.25. The molecular weight excluding hydrogens is 394 g/mol. The van der Waals surface area contributed by atoms with Crippen LogP contribution < -0.4 is 10.6 Å². The molecule has 2 aromatic rings. The summed E-state index contributed by atoms with van der Waals surface area (Å²) in [4.78, 5) is 28.3. The van der Waals surface area contributed by atoms with E-state index in [0.717, 1.165) is 26.7 Å². The molecule has 1 aromatic heterocycles. The third-order valence-electron chi connectivity index (χ3n) is 4.13. The van der Waals surface area contributed by atoms with Crippen molar-refractivity contribution >= 4 is 50.8 Å². The van der Waals surface area contributed by atoms with Gasteiger partial charge in [-0.25, -0.2) is 4.98 Å². The molecule has 0 bridgehead atoms. The summed E-state index contributed by atoms with van der Waals surface area (Å²) in [7, 11) is 1.72. The van der Waals surface area contributed by atoms with Gasteiger partial charge in [0.15, 0.2) is 4.34 Å². The summed E-state index contributed by atoms with van der Waals surface area (Å²) in [5.74, 6) is 2.68. The Labute approximate surface area is 173 Å². The Bertz CT molecular complexity index is 886. The molecule has 1 atom stereocenters. The summed E-state index contributed by atoms with van der Waals surface area (Å²) in [6.45, 7) is 5.48. The van der Waals surface area contributed by atoms with Gasteiger partial charge in [-0.05, 0) is 38.5 Å². The van der Waals surface area contributed by atoms with E-state index in [-0.39, 0.29) is 23.8 Å². The van der Waals surface area contributed by atoms with E-state index in [2.05, 4.69) is 35.4 Å². The van der Waals surface area contributed by atoms with E-state index in [9.17, 15) is 9.59 Å². The number of hydrogen-bond donors (Lipinski definition) is 2. The minimum atomic E-state index is -0.755. The van der Waals surface area contributed by atoms with Crippen LogP contribution in [0.15, 0.2) is 22.5 Å². The lowest BCUT2D eigenvalue weighted by Crippen LogP contribution is -2.42. The Hall–Kier alpha value is -2.08. The van der Waals surface area contributed by atoms with Crippen molar-refractivity contribution in [2.75, 3.05) is 18.2 Å². The van der Waals surface area contributed by atoms with E-state index in [4.69, 9.17) is 11.2 Å². The van der Waals surface area contributed by atoms with Gasteiger partial charge in [0.1, 0.15) is 6.04 Å². The number of thioether (sulfide) groups is 1. The maximum atomic E-state index is 12.4. The molecule has 2 amide bonds. The standard InChI is InChI=1S/C20H25N3O3S2/c1-6-7-16(21-13(2)24)18(25)22-14-8-9-15-17(12-14)28-19(23-15)27-11-10-20(3,4)26-5/h1,8-9,12,16H,7,10-11H2,2-5H3,(H,21,24)(H,22,25). The number of rotatable bonds is 9. The van der Waals surface area contributed by atoms with E-state index in [0.29, 0.717) is 5.69 Å². The quantitative estimate of drug-likeness (QED) is 0.479. The molecule has 0 saturated carbocycles. The van der Waals surface area contributed by atoms with Crippen molar-refractivity contribution < 1.29 is 14.3 Å². The zero-order chi connectivity index (χ0) is 20.7. The predicted octanol–water partition coefficient (Wildman–Crippen LogP) is 3.67. The summed E-state index contributed by atoms with van der Waals surface area (Å²) >= 11 is 3.28. The van der Waals surface area contributed by atoms with Crippen LogP contribution in [0.4, 0.5) is 5.69 Å². The number of aromatic nitrogens is 1. The molecular formula is C20H25N3O3S2. The van der Waals surface area contributed by atoms with E-state index in [1.807, 2.05) is 12.1 Å². The molecule has 2 N–H and O–H groups in total. The maximum absolute atomic E-state index is 12.4. The Morgan fingerprint density at radius 2 is 2.18 bits per heavy atom. The third-order valence-corrected chi connectivity index (χ3v) is 6.30. The SMILES string of the molecule is C#CCC(NC(C)=O)C(=O)Nc1ccc2nc(SCCC(C)(C)OC)sc2c1. The van der Waals surface area contributed by atoms with Crippen molar-refractivity contribution in [3.8, 4) is 12.3 Å². The van der Waals surface area contributed by atoms with Gasteiger partial charge in [0.05, 0.1) is 15.8 Å². The first kappa shape index (κ1) is 22.2. The largest absolute Gasteiger partial charge is 0.379 e. The van der Waals surface area contributed by atoms with Gasteiger partial charge in [0, 0.05) is 31.9 Å². The topological polar surface area (TPSA) is 80.3 Å². The van der Waals surface area contributed by atoms with Crippen LogP contribution in [0.5, 0.6) is 0 Å². The molecule has 8 heteroatoms. The Morgan fingerprint density at radius 1 is 1.43 bits per heavy atom. The van der Waals surface area contributed by atoms with Gasteiger partial charge >= 0.3 is 0 Å². The number of carbonyl (C=O) groups excluding carboxylic acids is 2. The number of carbonyl (C=O) groups is 2. The van der Waals surface area contributed by atoms with Crippen molar-refractivity contribution in [3.05, 3.63) is 18.2 Å². The van der Waals surface area contributed by atoms with Crippen LogP contribution in [0.3, 0.4) is 0 Å². The van der Waals surface area contributed by atoms with Gasteiger partial charge in [-0.3, -0.25) is 9.59 Å². The average Bonchev–Trinajstić information content (AvgIpc) is 3.02. The highest BCUT2D eigenvalue weighted by Crippen LogP contribution is 2.32. The van der Waals surface area contributed by atoms with E-state index >= 15 is 0 Å². The molecule has 6 nitrogen and oxygen atoms in total. The van der Waals surface area contributed by atoms with Gasteiger partial charge in [0.2, 0.25) is 11.8 Å². The Morgan fingerprint density at radius 3 is 2.82 bits per heavy atom. The first-order valence-corrected chi connectivity index (χ1v) is 10.6. The smallest absolute Gasteiger partial charge is 0.247 e. The van der Waals surface area contributed by atoms with E-state index in [1.54, 1.807) is 36.3 Å². The number of hydrogen-bond acceptors (Lipinski definition) is 6. The van der Waals surface area contributed by atoms with Crippen molar-refractivity contribution in [1.29, 1.82) is 0 Å². The molecule has 0 saturated heterocycles. The number of anilines is 1. The number of methoxy groups -OCH3 is 1. The number of terminal acetylenes is 1. The van der Waals surface area contributed by atoms with Gasteiger partial charge in [-0.15, -0.1) is 23.7 Å². The summed E-state index contributed by atoms with van der Waals surface area (Å²) in [5.41, 5.74) is 1.38. The lowest BCUT2D eigenvalue weighted by molar-refractivity contribution is -0.125. The highest BCUT2D eigenvalue weighted by molar-refractivity contribution is 8.01. The van der Waals surface area contributed by atoms with Crippen LogP contribution in [0.25, 0.3) is 10.2 Å². The fourth-order valence-corrected chi connectivity index (χ4v) is 4.75. The lowest BCUT2D eigenvalue weighted by atomic mass is 10.1. The van der Waals surface area contributed by atoms with E-state index in [1.165, 1.54) is 6.92 Å². The Kier molecular flexibility index (Phi) is 7.87. The van der Waals surface area contributed by atoms with Gasteiger partial charge in [0.25, 0.3) is 0 Å². The first-order valence-electron chi connectivity index (χ1n) is 8.84. The number of nitrogens with one attached hydrogen (secondary N) is 2. The minimum Gasteiger partial charge on any atom is -0.379 e. The fourth-order valence-electron chi connectivity index (χ4n) is 2.33. The van der Waals surface area contributed by atoms with Crippen LogP contribution in [-0.4, -0.2) is 41.3 Å². The molecule has 0 fully saturated rings. The van der Waals surface area contributed by atoms with Gasteiger partial charge < -0.3 is 15.4 Å². The number of amides is 2. The minimum absolute atomic E-state index is 0.132. The molecule has 2 rings (SSSR count). The zero-order valence-electron chi connectivity index (χ0n) is 16.5. The molecule has 0 aliphatic rings. The third kappa shape index (κ3) is 6.51. The molecule has 150 valence electrons. The summed E-state index contributed by atoms with van der Waals surface area (Å²) < 4.78 is 7.40. The molecule has 0 aliphatic heterocycles. The van der Waals surface area contributed by atoms with E-state index < -0.39 is 6.04 Å². The molecule has 28 heavy (non-hydrogen) atoms. The summed E-state index contributed by atoms with van der Waals surface area (Å²) in [5, 5.41) is 5.38. The Balaban J connectivity index is 2.04. The predicted molar refractivity (Wildman–Crippen MR) is 116 cm³/mol. The van der Waals surface area contributed by atoms with Gasteiger partial charge in [-0.1, -0.05) is 11.8 Å². The van der Waals surface area contributed by atoms with Crippen molar-refractivity contribution in [2.24, 2.45) is 0 Å². The molecule has 0 aliphatic carbocycles. The zero-order valence-corrected chi connectivity index (χ0v) is 18.1. The van der Waals surface area contributed by atoms with Crippen molar-refractivity contribution in [2.45, 2.75) is 49.6 Å². The number of nitrogens with zero attached hydrogens (tertiary/aromatic N) is 1. The van der Waals surface area contributed by atoms with Crippen LogP contribution in [0.2, 0.25) is 0 Å². The highest BCUT2D eigenvalue weighted by Gasteiger charge is 2.19. The van der Waals surface area contributed by atoms with Crippen LogP contribution in [0.1, 0.15) is 33.6 Å². The van der Waals surface area contributed by atoms with Gasteiger partial charge in [-0.2, -0.15) is 0 Å². The monoisotopic (exact) mass is 419 g/mol. The lowest BCUT2D eigenvalue weighted by Gasteiger charge is -2.21. The second kappa shape index (κ2) is 9.92. The molecule has 1 heterocycles. The fraction of sp³-hybridized carbons (Fsp3) is 0.450. The van der Waals surface area contributed by atoms with Crippen LogP contribution in [-0.2, 0) is 14.3 Å². The highest BCUT2D eigenvalue weighted by atomic mass is 32.2. The molecule has 0 spiro atoms. The number of ether oxygens (including phenoxy) is 1. The molecule has 0 radical (unpaired) electrons. The second-order valence-electron chi connectivity index (χ2n) is 6.88.